The van der Waals surface area contributed by atoms with Gasteiger partial charge in [0.25, 0.3) is 5.91 Å². The van der Waals surface area contributed by atoms with Crippen molar-refractivity contribution >= 4 is 11.8 Å². The van der Waals surface area contributed by atoms with E-state index in [0.717, 1.165) is 38.0 Å². The average Bonchev–Trinajstić information content (AvgIpc) is 2.90. The fourth-order valence-electron chi connectivity index (χ4n) is 2.95. The van der Waals surface area contributed by atoms with Gasteiger partial charge in [0.15, 0.2) is 0 Å². The summed E-state index contributed by atoms with van der Waals surface area (Å²) in [6, 6.07) is 7.34. The highest BCUT2D eigenvalue weighted by Crippen LogP contribution is 2.15. The Labute approximate surface area is 150 Å². The molecule has 1 aliphatic rings. The van der Waals surface area contributed by atoms with Crippen molar-refractivity contribution in [3.63, 3.8) is 0 Å². The van der Waals surface area contributed by atoms with Gasteiger partial charge in [-0.3, -0.25) is 9.59 Å². The summed E-state index contributed by atoms with van der Waals surface area (Å²) >= 11 is 0. The zero-order chi connectivity index (χ0) is 18.1. The Morgan fingerprint density at radius 3 is 2.32 bits per heavy atom. The Hall–Kier alpha value is -2.04. The van der Waals surface area contributed by atoms with Crippen molar-refractivity contribution < 1.29 is 14.3 Å². The van der Waals surface area contributed by atoms with E-state index in [1.807, 2.05) is 34.1 Å². The fraction of sp³-hybridized carbons (Fsp3) is 0.600. The molecule has 0 unspecified atom stereocenters. The quantitative estimate of drug-likeness (QED) is 0.761. The number of carbonyl (C=O) groups is 2. The third kappa shape index (κ3) is 5.76. The molecule has 1 aliphatic heterocycles. The predicted molar refractivity (Wildman–Crippen MR) is 98.9 cm³/mol. The van der Waals surface area contributed by atoms with Crippen molar-refractivity contribution in [3.05, 3.63) is 29.8 Å². The van der Waals surface area contributed by atoms with E-state index >= 15 is 0 Å². The van der Waals surface area contributed by atoms with Gasteiger partial charge in [0.1, 0.15) is 5.75 Å². The van der Waals surface area contributed by atoms with Crippen LogP contribution >= 0.6 is 0 Å². The highest BCUT2D eigenvalue weighted by molar-refractivity contribution is 5.94. The highest BCUT2D eigenvalue weighted by atomic mass is 16.5. The number of ether oxygens (including phenoxy) is 1. The van der Waals surface area contributed by atoms with Crippen molar-refractivity contribution in [3.8, 4) is 5.75 Å². The number of amides is 2. The summed E-state index contributed by atoms with van der Waals surface area (Å²) in [4.78, 5) is 28.7. The van der Waals surface area contributed by atoms with Crippen LogP contribution in [0.3, 0.4) is 0 Å². The molecule has 25 heavy (non-hydrogen) atoms. The first-order chi connectivity index (χ1) is 12.2. The number of carbonyl (C=O) groups excluding carboxylic acids is 2. The molecule has 5 nitrogen and oxygen atoms in total. The lowest BCUT2D eigenvalue weighted by Gasteiger charge is -2.22. The molecule has 0 spiro atoms. The van der Waals surface area contributed by atoms with Gasteiger partial charge in [-0.05, 0) is 43.5 Å². The van der Waals surface area contributed by atoms with E-state index in [4.69, 9.17) is 4.74 Å². The summed E-state index contributed by atoms with van der Waals surface area (Å²) in [5, 5.41) is 0. The number of hydrogen-bond donors (Lipinski definition) is 0. The van der Waals surface area contributed by atoms with Gasteiger partial charge < -0.3 is 14.5 Å². The maximum atomic E-state index is 12.7. The van der Waals surface area contributed by atoms with Crippen molar-refractivity contribution in [1.82, 2.24) is 9.80 Å². The zero-order valence-electron chi connectivity index (χ0n) is 15.5. The summed E-state index contributed by atoms with van der Waals surface area (Å²) in [5.74, 6) is 1.04. The van der Waals surface area contributed by atoms with Crippen LogP contribution in [0.25, 0.3) is 0 Å². The second-order valence-electron chi connectivity index (χ2n) is 6.50. The van der Waals surface area contributed by atoms with Gasteiger partial charge in [0, 0.05) is 38.2 Å². The largest absolute Gasteiger partial charge is 0.494 e. The van der Waals surface area contributed by atoms with E-state index in [1.54, 1.807) is 0 Å². The second-order valence-corrected chi connectivity index (χ2v) is 6.50. The number of hydrogen-bond acceptors (Lipinski definition) is 3. The molecule has 1 saturated heterocycles. The molecule has 0 atom stereocenters. The lowest BCUT2D eigenvalue weighted by Crippen LogP contribution is -2.37. The third-order valence-corrected chi connectivity index (χ3v) is 4.45. The summed E-state index contributed by atoms with van der Waals surface area (Å²) < 4.78 is 5.56. The maximum Gasteiger partial charge on any atom is 0.253 e. The van der Waals surface area contributed by atoms with Crippen molar-refractivity contribution in [2.75, 3.05) is 32.8 Å². The Balaban J connectivity index is 1.90. The smallest absolute Gasteiger partial charge is 0.253 e. The molecule has 0 aliphatic carbocycles. The minimum Gasteiger partial charge on any atom is -0.494 e. The Kier molecular flexibility index (Phi) is 7.76. The number of benzene rings is 1. The molecule has 138 valence electrons. The zero-order valence-corrected chi connectivity index (χ0v) is 15.5. The first-order valence-electron chi connectivity index (χ1n) is 9.45. The summed E-state index contributed by atoms with van der Waals surface area (Å²) in [6.07, 6.45) is 4.37. The van der Waals surface area contributed by atoms with Gasteiger partial charge >= 0.3 is 0 Å². The SMILES string of the molecule is CCCCC(=O)N1CCCN(C(=O)c2ccc(OCCC)cc2)CC1. The molecular weight excluding hydrogens is 316 g/mol. The Morgan fingerprint density at radius 2 is 1.64 bits per heavy atom. The van der Waals surface area contributed by atoms with Gasteiger partial charge in [0.05, 0.1) is 6.61 Å². The molecule has 0 bridgehead atoms. The Morgan fingerprint density at radius 1 is 0.960 bits per heavy atom. The molecule has 1 aromatic rings. The molecule has 1 heterocycles. The average molecular weight is 346 g/mol. The number of unbranched alkanes of at least 4 members (excludes halogenated alkanes) is 1. The minimum atomic E-state index is 0.0323. The monoisotopic (exact) mass is 346 g/mol. The van der Waals surface area contributed by atoms with E-state index in [2.05, 4.69) is 13.8 Å². The van der Waals surface area contributed by atoms with Crippen molar-refractivity contribution in [2.45, 2.75) is 46.0 Å². The number of rotatable bonds is 7. The molecule has 1 aromatic carbocycles. The van der Waals surface area contributed by atoms with E-state index in [9.17, 15) is 9.59 Å². The molecule has 2 amide bonds. The van der Waals surface area contributed by atoms with Crippen LogP contribution in [-0.4, -0.2) is 54.4 Å². The van der Waals surface area contributed by atoms with Crippen LogP contribution in [0.15, 0.2) is 24.3 Å². The van der Waals surface area contributed by atoms with Crippen LogP contribution in [0.2, 0.25) is 0 Å². The van der Waals surface area contributed by atoms with E-state index < -0.39 is 0 Å². The van der Waals surface area contributed by atoms with Gasteiger partial charge in [-0.15, -0.1) is 0 Å². The van der Waals surface area contributed by atoms with Gasteiger partial charge in [-0.1, -0.05) is 20.3 Å². The topological polar surface area (TPSA) is 49.9 Å². The van der Waals surface area contributed by atoms with E-state index in [1.165, 1.54) is 0 Å². The molecule has 0 radical (unpaired) electrons. The molecule has 2 rings (SSSR count). The summed E-state index contributed by atoms with van der Waals surface area (Å²) in [5.41, 5.74) is 0.676. The normalized spacial score (nSPS) is 15.0. The first-order valence-corrected chi connectivity index (χ1v) is 9.45. The standard InChI is InChI=1S/C20H30N2O3/c1-3-5-7-19(23)21-12-6-13-22(15-14-21)20(24)17-8-10-18(11-9-17)25-16-4-2/h8-11H,3-7,12-16H2,1-2H3. The van der Waals surface area contributed by atoms with Crippen LogP contribution in [0.5, 0.6) is 5.75 Å². The van der Waals surface area contributed by atoms with Gasteiger partial charge in [-0.2, -0.15) is 0 Å². The molecular formula is C20H30N2O3. The lowest BCUT2D eigenvalue weighted by atomic mass is 10.2. The Bertz CT molecular complexity index is 557. The van der Waals surface area contributed by atoms with Gasteiger partial charge in [0.2, 0.25) is 5.91 Å². The van der Waals surface area contributed by atoms with Gasteiger partial charge in [-0.25, -0.2) is 0 Å². The molecule has 1 fully saturated rings. The second kappa shape index (κ2) is 10.1. The van der Waals surface area contributed by atoms with Crippen LogP contribution in [0.4, 0.5) is 0 Å². The summed E-state index contributed by atoms with van der Waals surface area (Å²) in [6.45, 7) is 7.51. The molecule has 0 saturated carbocycles. The fourth-order valence-corrected chi connectivity index (χ4v) is 2.95. The van der Waals surface area contributed by atoms with Crippen LogP contribution in [0, 0.1) is 0 Å². The lowest BCUT2D eigenvalue weighted by molar-refractivity contribution is -0.131. The summed E-state index contributed by atoms with van der Waals surface area (Å²) in [7, 11) is 0. The molecule has 5 heteroatoms. The molecule has 0 aromatic heterocycles. The first kappa shape index (κ1) is 19.3. The number of nitrogens with zero attached hydrogens (tertiary/aromatic N) is 2. The van der Waals surface area contributed by atoms with Crippen LogP contribution < -0.4 is 4.74 Å². The van der Waals surface area contributed by atoms with E-state index in [0.29, 0.717) is 38.2 Å². The van der Waals surface area contributed by atoms with Crippen molar-refractivity contribution in [2.24, 2.45) is 0 Å². The van der Waals surface area contributed by atoms with Crippen LogP contribution in [0.1, 0.15) is 56.3 Å². The molecule has 0 N–H and O–H groups in total. The van der Waals surface area contributed by atoms with Crippen LogP contribution in [-0.2, 0) is 4.79 Å². The predicted octanol–water partition coefficient (Wildman–Crippen LogP) is 3.34. The van der Waals surface area contributed by atoms with E-state index in [-0.39, 0.29) is 11.8 Å². The third-order valence-electron chi connectivity index (χ3n) is 4.45. The highest BCUT2D eigenvalue weighted by Gasteiger charge is 2.22. The minimum absolute atomic E-state index is 0.0323. The van der Waals surface area contributed by atoms with Crippen molar-refractivity contribution in [1.29, 1.82) is 0 Å². The maximum absolute atomic E-state index is 12.7.